The minimum absolute atomic E-state index is 0.0602. The molecule has 0 fully saturated rings. The first-order valence-electron chi connectivity index (χ1n) is 9.36. The summed E-state index contributed by atoms with van der Waals surface area (Å²) in [6.45, 7) is 0. The van der Waals surface area contributed by atoms with Crippen LogP contribution in [0.4, 0.5) is 0 Å². The molecule has 0 atom stereocenters. The third-order valence-corrected chi connectivity index (χ3v) is 5.98. The van der Waals surface area contributed by atoms with E-state index in [9.17, 15) is 4.79 Å². The molecule has 0 unspecified atom stereocenters. The van der Waals surface area contributed by atoms with Gasteiger partial charge in [-0.3, -0.25) is 9.78 Å². The number of fused-ring (bicyclic) bond motifs is 2. The number of thioether (sulfide) groups is 1. The first-order valence-corrected chi connectivity index (χ1v) is 11.0. The smallest absolute Gasteiger partial charge is 0.192 e. The average molecular weight is 430 g/mol. The molecule has 5 aromatic rings. The van der Waals surface area contributed by atoms with Gasteiger partial charge >= 0.3 is 0 Å². The van der Waals surface area contributed by atoms with Gasteiger partial charge in [0.05, 0.1) is 26.6 Å². The van der Waals surface area contributed by atoms with Crippen molar-refractivity contribution in [2.24, 2.45) is 0 Å². The fourth-order valence-corrected chi connectivity index (χ4v) is 4.29. The molecule has 0 bridgehead atoms. The lowest BCUT2D eigenvalue weighted by molar-refractivity contribution is 1.14. The summed E-state index contributed by atoms with van der Waals surface area (Å²) < 4.78 is 0. The number of aromatic nitrogens is 3. The summed E-state index contributed by atoms with van der Waals surface area (Å²) in [5.41, 5.74) is 4.76. The van der Waals surface area contributed by atoms with Crippen LogP contribution in [0.3, 0.4) is 0 Å². The number of hydrogen-bond acceptors (Lipinski definition) is 4. The van der Waals surface area contributed by atoms with E-state index >= 15 is 0 Å². The molecule has 0 aliphatic heterocycles. The highest BCUT2D eigenvalue weighted by atomic mass is 35.5. The fourth-order valence-electron chi connectivity index (χ4n) is 3.60. The number of hydrogen-bond donors (Lipinski definition) is 1. The van der Waals surface area contributed by atoms with Gasteiger partial charge < -0.3 is 4.98 Å². The van der Waals surface area contributed by atoms with Crippen molar-refractivity contribution in [3.05, 3.63) is 88.2 Å². The molecular weight excluding hydrogens is 414 g/mol. The second kappa shape index (κ2) is 7.59. The van der Waals surface area contributed by atoms with Crippen molar-refractivity contribution in [3.8, 4) is 22.4 Å². The zero-order chi connectivity index (χ0) is 20.7. The molecule has 0 saturated carbocycles. The highest BCUT2D eigenvalue weighted by molar-refractivity contribution is 7.98. The van der Waals surface area contributed by atoms with Crippen LogP contribution in [0.2, 0.25) is 5.02 Å². The second-order valence-corrected chi connectivity index (χ2v) is 8.14. The molecule has 5 rings (SSSR count). The van der Waals surface area contributed by atoms with E-state index in [4.69, 9.17) is 16.6 Å². The Morgan fingerprint density at radius 2 is 1.80 bits per heavy atom. The Morgan fingerprint density at radius 1 is 0.967 bits per heavy atom. The summed E-state index contributed by atoms with van der Waals surface area (Å²) >= 11 is 8.03. The second-order valence-electron chi connectivity index (χ2n) is 6.88. The van der Waals surface area contributed by atoms with Crippen LogP contribution in [-0.4, -0.2) is 21.2 Å². The maximum absolute atomic E-state index is 12.8. The number of benzene rings is 2. The van der Waals surface area contributed by atoms with Crippen molar-refractivity contribution in [2.75, 3.05) is 6.26 Å². The molecule has 0 aliphatic rings. The van der Waals surface area contributed by atoms with Crippen molar-refractivity contribution in [3.63, 3.8) is 0 Å². The summed E-state index contributed by atoms with van der Waals surface area (Å²) in [5.74, 6) is 0. The topological polar surface area (TPSA) is 58.6 Å². The van der Waals surface area contributed by atoms with Crippen LogP contribution in [0.15, 0.2) is 82.7 Å². The number of halogens is 1. The fraction of sp³-hybridized carbons (Fsp3) is 0.0417. The molecule has 146 valence electrons. The lowest BCUT2D eigenvalue weighted by Gasteiger charge is -2.13. The molecular formula is C24H16ClN3OS. The quantitative estimate of drug-likeness (QED) is 0.348. The molecule has 0 amide bonds. The van der Waals surface area contributed by atoms with Gasteiger partial charge in [0.15, 0.2) is 5.43 Å². The van der Waals surface area contributed by atoms with E-state index in [1.165, 1.54) is 11.8 Å². The van der Waals surface area contributed by atoms with Crippen molar-refractivity contribution in [1.29, 1.82) is 0 Å². The van der Waals surface area contributed by atoms with Crippen LogP contribution >= 0.6 is 23.4 Å². The molecule has 6 heteroatoms. The predicted octanol–water partition coefficient (Wildman–Crippen LogP) is 6.18. The van der Waals surface area contributed by atoms with E-state index in [2.05, 4.69) is 9.97 Å². The number of nitrogens with one attached hydrogen (secondary N) is 1. The molecule has 0 spiro atoms. The summed E-state index contributed by atoms with van der Waals surface area (Å²) in [6, 6.07) is 21.2. The number of aromatic amines is 1. The van der Waals surface area contributed by atoms with Gasteiger partial charge in [-0.25, -0.2) is 4.98 Å². The Labute approximate surface area is 182 Å². The third-order valence-electron chi connectivity index (χ3n) is 5.03. The third kappa shape index (κ3) is 3.26. The van der Waals surface area contributed by atoms with Gasteiger partial charge in [-0.05, 0) is 36.1 Å². The van der Waals surface area contributed by atoms with Gasteiger partial charge in [-0.2, -0.15) is 0 Å². The predicted molar refractivity (Wildman–Crippen MR) is 125 cm³/mol. The van der Waals surface area contributed by atoms with Crippen LogP contribution in [0, 0.1) is 0 Å². The van der Waals surface area contributed by atoms with Crippen molar-refractivity contribution < 1.29 is 0 Å². The van der Waals surface area contributed by atoms with Crippen LogP contribution < -0.4 is 5.43 Å². The van der Waals surface area contributed by atoms with Gasteiger partial charge in [0.1, 0.15) is 5.65 Å². The minimum atomic E-state index is -0.0602. The number of pyridine rings is 3. The lowest BCUT2D eigenvalue weighted by atomic mass is 9.97. The van der Waals surface area contributed by atoms with Gasteiger partial charge in [-0.1, -0.05) is 48.0 Å². The van der Waals surface area contributed by atoms with E-state index in [1.807, 2.05) is 66.9 Å². The molecule has 0 saturated heterocycles. The monoisotopic (exact) mass is 429 g/mol. The Hall–Kier alpha value is -3.15. The minimum Gasteiger partial charge on any atom is -0.334 e. The Morgan fingerprint density at radius 3 is 2.60 bits per heavy atom. The first kappa shape index (κ1) is 18.9. The highest BCUT2D eigenvalue weighted by Gasteiger charge is 2.15. The number of nitrogens with zero attached hydrogens (tertiary/aromatic N) is 2. The van der Waals surface area contributed by atoms with Crippen LogP contribution in [-0.2, 0) is 0 Å². The van der Waals surface area contributed by atoms with Gasteiger partial charge in [0, 0.05) is 28.8 Å². The lowest BCUT2D eigenvalue weighted by Crippen LogP contribution is -2.05. The SMILES string of the molecule is CSc1cc(=O)c2cc(-c3cc(Cl)c4ncccc4c3)c(-c3ccccc3)nc2[nH]1. The molecule has 3 heterocycles. The largest absolute Gasteiger partial charge is 0.334 e. The van der Waals surface area contributed by atoms with E-state index in [0.717, 1.165) is 38.3 Å². The molecule has 4 nitrogen and oxygen atoms in total. The molecule has 3 aromatic heterocycles. The number of H-pyrrole nitrogens is 1. The van der Waals surface area contributed by atoms with Crippen LogP contribution in [0.5, 0.6) is 0 Å². The van der Waals surface area contributed by atoms with Crippen LogP contribution in [0.1, 0.15) is 0 Å². The average Bonchev–Trinajstić information content (AvgIpc) is 2.78. The van der Waals surface area contributed by atoms with Gasteiger partial charge in [0.2, 0.25) is 0 Å². The molecule has 0 radical (unpaired) electrons. The van der Waals surface area contributed by atoms with Gasteiger partial charge in [-0.15, -0.1) is 11.8 Å². The van der Waals surface area contributed by atoms with Crippen LogP contribution in [0.25, 0.3) is 44.3 Å². The maximum Gasteiger partial charge on any atom is 0.192 e. The van der Waals surface area contributed by atoms with E-state index < -0.39 is 0 Å². The maximum atomic E-state index is 12.8. The highest BCUT2D eigenvalue weighted by Crippen LogP contribution is 2.36. The zero-order valence-corrected chi connectivity index (χ0v) is 17.6. The van der Waals surface area contributed by atoms with E-state index in [0.29, 0.717) is 16.1 Å². The normalized spacial score (nSPS) is 11.3. The van der Waals surface area contributed by atoms with E-state index in [-0.39, 0.29) is 5.43 Å². The molecule has 0 aliphatic carbocycles. The van der Waals surface area contributed by atoms with Gasteiger partial charge in [0.25, 0.3) is 0 Å². The Balaban J connectivity index is 1.86. The van der Waals surface area contributed by atoms with E-state index in [1.54, 1.807) is 12.3 Å². The Bertz CT molecular complexity index is 1460. The van der Waals surface area contributed by atoms with Crippen molar-refractivity contribution >= 4 is 45.3 Å². The van der Waals surface area contributed by atoms with Crippen molar-refractivity contribution in [2.45, 2.75) is 5.03 Å². The standard InChI is InChI=1S/C24H16ClN3OS/c1-30-21-13-20(29)18-12-17(16-10-15-8-5-9-26-23(15)19(25)11-16)22(28-24(18)27-21)14-6-3-2-4-7-14/h2-13H,1H3,(H,27,28,29). The van der Waals surface area contributed by atoms with Crippen molar-refractivity contribution in [1.82, 2.24) is 15.0 Å². The summed E-state index contributed by atoms with van der Waals surface area (Å²) in [7, 11) is 0. The first-order chi connectivity index (χ1) is 14.6. The molecule has 1 N–H and O–H groups in total. The molecule has 2 aromatic carbocycles. The Kier molecular flexibility index (Phi) is 4.77. The molecule has 30 heavy (non-hydrogen) atoms. The zero-order valence-electron chi connectivity index (χ0n) is 16.0. The summed E-state index contributed by atoms with van der Waals surface area (Å²) in [6.07, 6.45) is 3.65. The summed E-state index contributed by atoms with van der Waals surface area (Å²) in [5, 5.41) is 2.83. The number of rotatable bonds is 3. The summed E-state index contributed by atoms with van der Waals surface area (Å²) in [4.78, 5) is 25.3.